The van der Waals surface area contributed by atoms with Crippen LogP contribution < -0.4 is 15.5 Å². The Morgan fingerprint density at radius 1 is 1.19 bits per heavy atom. The van der Waals surface area contributed by atoms with E-state index in [-0.39, 0.29) is 24.8 Å². The van der Waals surface area contributed by atoms with Crippen LogP contribution in [-0.4, -0.2) is 42.5 Å². The number of rotatable bonds is 5. The number of aliphatic hydroxyl groups is 1. The van der Waals surface area contributed by atoms with Gasteiger partial charge in [-0.2, -0.15) is 0 Å². The highest BCUT2D eigenvalue weighted by Gasteiger charge is 2.26. The number of benzene rings is 1. The summed E-state index contributed by atoms with van der Waals surface area (Å²) in [5, 5.41) is 13.7. The van der Waals surface area contributed by atoms with Gasteiger partial charge in [-0.3, -0.25) is 14.4 Å². The van der Waals surface area contributed by atoms with Crippen LogP contribution in [-0.2, 0) is 16.0 Å². The Kier molecular flexibility index (Phi) is 5.87. The third-order valence-electron chi connectivity index (χ3n) is 4.27. The zero-order valence-electron chi connectivity index (χ0n) is 14.7. The Hall–Kier alpha value is -3.13. The summed E-state index contributed by atoms with van der Waals surface area (Å²) in [6.07, 6.45) is 3.48. The molecule has 2 aromatic rings. The molecule has 0 aliphatic carbocycles. The summed E-state index contributed by atoms with van der Waals surface area (Å²) in [6, 6.07) is 8.51. The molecule has 0 saturated heterocycles. The first-order valence-corrected chi connectivity index (χ1v) is 8.78. The van der Waals surface area contributed by atoms with Crippen molar-refractivity contribution in [1.29, 1.82) is 0 Å². The van der Waals surface area contributed by atoms with Crippen LogP contribution in [0.5, 0.6) is 0 Å². The maximum Gasteiger partial charge on any atom is 0.313 e. The first kappa shape index (κ1) is 18.7. The minimum absolute atomic E-state index is 0.0632. The third-order valence-corrected chi connectivity index (χ3v) is 4.27. The van der Waals surface area contributed by atoms with Gasteiger partial charge in [-0.05, 0) is 49.1 Å². The quantitative estimate of drug-likeness (QED) is 0.542. The molecule has 0 atom stereocenters. The van der Waals surface area contributed by atoms with Crippen LogP contribution in [0.25, 0.3) is 0 Å². The smallest absolute Gasteiger partial charge is 0.313 e. The molecule has 3 amide bonds. The fourth-order valence-corrected chi connectivity index (χ4v) is 2.95. The SMILES string of the molecule is O=C(NCCCO)C(=O)Nc1ccc2c(c1)N(C(=O)c1ccco1)CCC2. The Balaban J connectivity index is 1.74. The van der Waals surface area contributed by atoms with Crippen molar-refractivity contribution in [3.05, 3.63) is 47.9 Å². The first-order chi connectivity index (χ1) is 13.1. The van der Waals surface area contributed by atoms with Crippen LogP contribution in [0.2, 0.25) is 0 Å². The van der Waals surface area contributed by atoms with Gasteiger partial charge in [0.05, 0.1) is 6.26 Å². The summed E-state index contributed by atoms with van der Waals surface area (Å²) in [6.45, 7) is 0.705. The van der Waals surface area contributed by atoms with E-state index in [9.17, 15) is 14.4 Å². The number of hydrogen-bond donors (Lipinski definition) is 3. The molecule has 0 radical (unpaired) electrons. The molecule has 0 unspecified atom stereocenters. The van der Waals surface area contributed by atoms with Gasteiger partial charge in [0.2, 0.25) is 0 Å². The van der Waals surface area contributed by atoms with E-state index >= 15 is 0 Å². The standard InChI is InChI=1S/C19H21N3O5/c23-10-3-8-20-17(24)18(25)21-14-7-6-13-4-1-9-22(15(13)12-14)19(26)16-5-2-11-27-16/h2,5-7,11-12,23H,1,3-4,8-10H2,(H,20,24)(H,21,25). The van der Waals surface area contributed by atoms with Crippen molar-refractivity contribution in [2.75, 3.05) is 29.9 Å². The van der Waals surface area contributed by atoms with Gasteiger partial charge in [-0.1, -0.05) is 6.07 Å². The minimum atomic E-state index is -0.799. The summed E-state index contributed by atoms with van der Waals surface area (Å²) in [4.78, 5) is 38.0. The second kappa shape index (κ2) is 8.50. The van der Waals surface area contributed by atoms with Gasteiger partial charge >= 0.3 is 11.8 Å². The van der Waals surface area contributed by atoms with Crippen molar-refractivity contribution in [3.63, 3.8) is 0 Å². The number of carbonyl (C=O) groups excluding carboxylic acids is 3. The van der Waals surface area contributed by atoms with Gasteiger partial charge in [0.25, 0.3) is 5.91 Å². The second-order valence-electron chi connectivity index (χ2n) is 6.17. The van der Waals surface area contributed by atoms with Crippen LogP contribution in [0.15, 0.2) is 41.0 Å². The van der Waals surface area contributed by atoms with Crippen molar-refractivity contribution in [2.24, 2.45) is 0 Å². The number of aryl methyl sites for hydroxylation is 1. The van der Waals surface area contributed by atoms with Gasteiger partial charge in [0.1, 0.15) is 0 Å². The van der Waals surface area contributed by atoms with Gasteiger partial charge in [-0.15, -0.1) is 0 Å². The lowest BCUT2D eigenvalue weighted by Crippen LogP contribution is -2.37. The molecule has 8 heteroatoms. The van der Waals surface area contributed by atoms with Crippen molar-refractivity contribution in [2.45, 2.75) is 19.3 Å². The van der Waals surface area contributed by atoms with E-state index in [4.69, 9.17) is 9.52 Å². The Morgan fingerprint density at radius 2 is 2.04 bits per heavy atom. The van der Waals surface area contributed by atoms with Crippen LogP contribution in [0.1, 0.15) is 29.0 Å². The molecule has 3 N–H and O–H groups in total. The normalized spacial score (nSPS) is 13.0. The van der Waals surface area contributed by atoms with E-state index in [1.807, 2.05) is 6.07 Å². The molecule has 0 saturated carbocycles. The lowest BCUT2D eigenvalue weighted by atomic mass is 10.0. The number of nitrogens with zero attached hydrogens (tertiary/aromatic N) is 1. The second-order valence-corrected chi connectivity index (χ2v) is 6.17. The Bertz CT molecular complexity index is 832. The molecular formula is C19H21N3O5. The first-order valence-electron chi connectivity index (χ1n) is 8.78. The molecule has 1 aliphatic heterocycles. The summed E-state index contributed by atoms with van der Waals surface area (Å²) < 4.78 is 5.20. The average Bonchev–Trinajstić information content (AvgIpc) is 3.22. The van der Waals surface area contributed by atoms with Gasteiger partial charge in [0.15, 0.2) is 5.76 Å². The molecule has 1 aromatic heterocycles. The number of aliphatic hydroxyl groups excluding tert-OH is 1. The van der Waals surface area contributed by atoms with Crippen LogP contribution in [0.3, 0.4) is 0 Å². The minimum Gasteiger partial charge on any atom is -0.459 e. The van der Waals surface area contributed by atoms with Crippen molar-refractivity contribution < 1.29 is 23.9 Å². The number of furan rings is 1. The topological polar surface area (TPSA) is 112 Å². The zero-order valence-corrected chi connectivity index (χ0v) is 14.7. The number of anilines is 2. The number of nitrogens with one attached hydrogen (secondary N) is 2. The molecule has 0 spiro atoms. The summed E-state index contributed by atoms with van der Waals surface area (Å²) in [7, 11) is 0. The number of fused-ring (bicyclic) bond motifs is 1. The highest BCUT2D eigenvalue weighted by molar-refractivity contribution is 6.39. The fraction of sp³-hybridized carbons (Fsp3) is 0.316. The van der Waals surface area contributed by atoms with Crippen LogP contribution >= 0.6 is 0 Å². The van der Waals surface area contributed by atoms with Crippen molar-refractivity contribution in [3.8, 4) is 0 Å². The maximum absolute atomic E-state index is 12.7. The molecule has 2 heterocycles. The Morgan fingerprint density at radius 3 is 2.78 bits per heavy atom. The van der Waals surface area contributed by atoms with Crippen molar-refractivity contribution >= 4 is 29.1 Å². The molecule has 3 rings (SSSR count). The molecule has 142 valence electrons. The predicted molar refractivity (Wildman–Crippen MR) is 98.5 cm³/mol. The molecule has 1 aliphatic rings. The van der Waals surface area contributed by atoms with Crippen LogP contribution in [0, 0.1) is 0 Å². The number of hydrogen-bond acceptors (Lipinski definition) is 5. The summed E-state index contributed by atoms with van der Waals surface area (Å²) in [5.41, 5.74) is 2.11. The van der Waals surface area contributed by atoms with Gasteiger partial charge in [-0.25, -0.2) is 0 Å². The zero-order chi connectivity index (χ0) is 19.2. The van der Waals surface area contributed by atoms with Crippen LogP contribution in [0.4, 0.5) is 11.4 Å². The third kappa shape index (κ3) is 4.35. The average molecular weight is 371 g/mol. The number of carbonyl (C=O) groups is 3. The lowest BCUT2D eigenvalue weighted by molar-refractivity contribution is -0.136. The molecule has 27 heavy (non-hydrogen) atoms. The summed E-state index contributed by atoms with van der Waals surface area (Å²) in [5.74, 6) is -1.57. The largest absolute Gasteiger partial charge is 0.459 e. The van der Waals surface area contributed by atoms with Gasteiger partial charge < -0.3 is 25.1 Å². The lowest BCUT2D eigenvalue weighted by Gasteiger charge is -2.29. The molecule has 1 aromatic carbocycles. The highest BCUT2D eigenvalue weighted by atomic mass is 16.3. The molecular weight excluding hydrogens is 350 g/mol. The molecule has 0 fully saturated rings. The van der Waals surface area contributed by atoms with Gasteiger partial charge in [0, 0.05) is 31.1 Å². The van der Waals surface area contributed by atoms with E-state index in [2.05, 4.69) is 10.6 Å². The monoisotopic (exact) mass is 371 g/mol. The molecule has 8 nitrogen and oxygen atoms in total. The fourth-order valence-electron chi connectivity index (χ4n) is 2.95. The summed E-state index contributed by atoms with van der Waals surface area (Å²) >= 11 is 0. The van der Waals surface area contributed by atoms with E-state index in [0.29, 0.717) is 24.3 Å². The molecule has 0 bridgehead atoms. The Labute approximate surface area is 156 Å². The van der Waals surface area contributed by atoms with Crippen molar-refractivity contribution in [1.82, 2.24) is 5.32 Å². The highest BCUT2D eigenvalue weighted by Crippen LogP contribution is 2.31. The van der Waals surface area contributed by atoms with E-state index in [0.717, 1.165) is 18.4 Å². The maximum atomic E-state index is 12.7. The van der Waals surface area contributed by atoms with E-state index in [1.54, 1.807) is 29.2 Å². The van der Waals surface area contributed by atoms with E-state index < -0.39 is 11.8 Å². The number of amides is 3. The van der Waals surface area contributed by atoms with E-state index in [1.165, 1.54) is 6.26 Å². The predicted octanol–water partition coefficient (Wildman–Crippen LogP) is 1.31.